The smallest absolute Gasteiger partial charge is 0.251 e. The van der Waals surface area contributed by atoms with Gasteiger partial charge in [0.25, 0.3) is 5.91 Å². The molecule has 2 heterocycles. The van der Waals surface area contributed by atoms with E-state index in [1.54, 1.807) is 6.07 Å². The molecule has 2 aliphatic heterocycles. The van der Waals surface area contributed by atoms with E-state index in [0.29, 0.717) is 17.7 Å². The molecule has 0 saturated carbocycles. The number of fused-ring (bicyclic) bond motifs is 1. The van der Waals surface area contributed by atoms with Crippen LogP contribution in [0.2, 0.25) is 0 Å². The van der Waals surface area contributed by atoms with Crippen LogP contribution in [0.4, 0.5) is 0 Å². The normalized spacial score (nSPS) is 22.5. The maximum Gasteiger partial charge on any atom is 0.251 e. The van der Waals surface area contributed by atoms with E-state index in [1.807, 2.05) is 12.1 Å². The van der Waals surface area contributed by atoms with E-state index in [1.165, 1.54) is 0 Å². The number of amides is 1. The summed E-state index contributed by atoms with van der Waals surface area (Å²) in [4.78, 5) is 24.2. The summed E-state index contributed by atoms with van der Waals surface area (Å²) in [5.74, 6) is 0.0494. The van der Waals surface area contributed by atoms with Gasteiger partial charge in [0.15, 0.2) is 5.78 Å². The van der Waals surface area contributed by atoms with Crippen LogP contribution in [0.1, 0.15) is 45.5 Å². The number of hydrogen-bond acceptors (Lipinski definition) is 3. The Labute approximate surface area is 112 Å². The van der Waals surface area contributed by atoms with Crippen LogP contribution in [-0.4, -0.2) is 30.8 Å². The van der Waals surface area contributed by atoms with E-state index >= 15 is 0 Å². The molecule has 1 amide bonds. The van der Waals surface area contributed by atoms with Crippen LogP contribution in [0.25, 0.3) is 0 Å². The first-order valence-electron chi connectivity index (χ1n) is 6.94. The Morgan fingerprint density at radius 2 is 2.11 bits per heavy atom. The summed E-state index contributed by atoms with van der Waals surface area (Å²) in [5.41, 5.74) is 2.35. The van der Waals surface area contributed by atoms with Crippen molar-refractivity contribution in [3.8, 4) is 0 Å². The third-order valence-corrected chi connectivity index (χ3v) is 3.95. The minimum atomic E-state index is -0.0848. The summed E-state index contributed by atoms with van der Waals surface area (Å²) in [6.07, 6.45) is 3.96. The van der Waals surface area contributed by atoms with Crippen molar-refractivity contribution in [1.82, 2.24) is 10.6 Å². The zero-order valence-corrected chi connectivity index (χ0v) is 10.9. The number of hydrogen-bond donors (Lipinski definition) is 2. The van der Waals surface area contributed by atoms with E-state index in [4.69, 9.17) is 0 Å². The fourth-order valence-electron chi connectivity index (χ4n) is 2.84. The number of rotatable bonds is 2. The molecular weight excluding hydrogens is 240 g/mol. The van der Waals surface area contributed by atoms with Crippen molar-refractivity contribution < 1.29 is 9.59 Å². The van der Waals surface area contributed by atoms with Gasteiger partial charge >= 0.3 is 0 Å². The molecule has 0 radical (unpaired) electrons. The molecule has 100 valence electrons. The number of nitrogens with one attached hydrogen (secondary N) is 2. The first-order chi connectivity index (χ1) is 9.25. The van der Waals surface area contributed by atoms with Crippen molar-refractivity contribution in [1.29, 1.82) is 0 Å². The van der Waals surface area contributed by atoms with Crippen molar-refractivity contribution >= 4 is 11.7 Å². The summed E-state index contributed by atoms with van der Waals surface area (Å²) in [6.45, 7) is 1.59. The third-order valence-electron chi connectivity index (χ3n) is 3.95. The second kappa shape index (κ2) is 5.13. The van der Waals surface area contributed by atoms with Crippen LogP contribution in [0.15, 0.2) is 18.2 Å². The second-order valence-corrected chi connectivity index (χ2v) is 5.24. The molecule has 0 aliphatic carbocycles. The Hall–Kier alpha value is -1.68. The van der Waals surface area contributed by atoms with Crippen LogP contribution < -0.4 is 10.6 Å². The van der Waals surface area contributed by atoms with Crippen molar-refractivity contribution in [3.05, 3.63) is 34.9 Å². The van der Waals surface area contributed by atoms with Gasteiger partial charge in [-0.1, -0.05) is 18.6 Å². The lowest BCUT2D eigenvalue weighted by molar-refractivity contribution is 0.0927. The van der Waals surface area contributed by atoms with Crippen LogP contribution in [0.5, 0.6) is 0 Å². The molecule has 3 rings (SSSR count). The van der Waals surface area contributed by atoms with Gasteiger partial charge in [-0.25, -0.2) is 0 Å². The lowest BCUT2D eigenvalue weighted by Gasteiger charge is -2.23. The fourth-order valence-corrected chi connectivity index (χ4v) is 2.84. The Bertz CT molecular complexity index is 519. The molecule has 0 aromatic heterocycles. The van der Waals surface area contributed by atoms with Gasteiger partial charge in [0.1, 0.15) is 0 Å². The second-order valence-electron chi connectivity index (χ2n) is 5.24. The van der Waals surface area contributed by atoms with Gasteiger partial charge in [-0.15, -0.1) is 0 Å². The zero-order chi connectivity index (χ0) is 13.2. The van der Waals surface area contributed by atoms with E-state index in [-0.39, 0.29) is 17.7 Å². The van der Waals surface area contributed by atoms with E-state index < -0.39 is 0 Å². The highest BCUT2D eigenvalue weighted by Gasteiger charge is 2.24. The molecule has 4 nitrogen and oxygen atoms in total. The van der Waals surface area contributed by atoms with E-state index in [0.717, 1.165) is 37.8 Å². The number of Topliss-reactive ketones (excluding diaryl/α,β-unsaturated/α-hetero) is 1. The summed E-state index contributed by atoms with van der Waals surface area (Å²) in [6, 6.07) is 5.45. The van der Waals surface area contributed by atoms with E-state index in [2.05, 4.69) is 10.6 Å². The van der Waals surface area contributed by atoms with Gasteiger partial charge in [-0.2, -0.15) is 0 Å². The molecule has 19 heavy (non-hydrogen) atoms. The Morgan fingerprint density at radius 3 is 2.89 bits per heavy atom. The largest absolute Gasteiger partial charge is 0.352 e. The van der Waals surface area contributed by atoms with Gasteiger partial charge in [-0.05, 0) is 37.4 Å². The maximum absolute atomic E-state index is 12.4. The first kappa shape index (κ1) is 12.4. The first-order valence-corrected chi connectivity index (χ1v) is 6.94. The highest BCUT2D eigenvalue weighted by atomic mass is 16.1. The summed E-state index contributed by atoms with van der Waals surface area (Å²) in [5, 5.41) is 6.08. The molecular formula is C15H18N2O2. The summed E-state index contributed by atoms with van der Waals surface area (Å²) < 4.78 is 0. The average Bonchev–Trinajstić information content (AvgIpc) is 2.47. The Kier molecular flexibility index (Phi) is 3.34. The molecule has 1 aromatic carbocycles. The predicted molar refractivity (Wildman–Crippen MR) is 72.5 cm³/mol. The van der Waals surface area contributed by atoms with Crippen molar-refractivity contribution in [2.75, 3.05) is 13.1 Å². The third kappa shape index (κ3) is 2.40. The predicted octanol–water partition coefficient (Wildman–Crippen LogP) is 1.30. The van der Waals surface area contributed by atoms with Crippen molar-refractivity contribution in [3.63, 3.8) is 0 Å². The standard InChI is InChI=1S/C15H18N2O2/c18-14(13-3-1-2-7-16-13)11-5-4-10-6-8-17-15(19)12(10)9-11/h4-5,9,13,16H,1-3,6-8H2,(H,17,19). The topological polar surface area (TPSA) is 58.2 Å². The van der Waals surface area contributed by atoms with Crippen LogP contribution >= 0.6 is 0 Å². The van der Waals surface area contributed by atoms with Gasteiger partial charge < -0.3 is 10.6 Å². The minimum Gasteiger partial charge on any atom is -0.352 e. The van der Waals surface area contributed by atoms with Crippen LogP contribution in [0.3, 0.4) is 0 Å². The van der Waals surface area contributed by atoms with Crippen LogP contribution in [0, 0.1) is 0 Å². The number of benzene rings is 1. The Balaban J connectivity index is 1.86. The molecule has 0 spiro atoms. The number of carbonyl (C=O) groups excluding carboxylic acids is 2. The van der Waals surface area contributed by atoms with E-state index in [9.17, 15) is 9.59 Å². The zero-order valence-electron chi connectivity index (χ0n) is 10.9. The molecule has 1 unspecified atom stereocenters. The lowest BCUT2D eigenvalue weighted by atomic mass is 9.92. The molecule has 1 atom stereocenters. The SMILES string of the molecule is O=C1NCCc2ccc(C(=O)C3CCCCN3)cc21. The molecule has 1 aromatic rings. The minimum absolute atomic E-state index is 0.0625. The molecule has 1 saturated heterocycles. The highest BCUT2D eigenvalue weighted by molar-refractivity contribution is 6.04. The lowest BCUT2D eigenvalue weighted by Crippen LogP contribution is -2.40. The number of piperidine rings is 1. The molecule has 0 bridgehead atoms. The van der Waals surface area contributed by atoms with Crippen molar-refractivity contribution in [2.24, 2.45) is 0 Å². The van der Waals surface area contributed by atoms with Crippen LogP contribution in [-0.2, 0) is 6.42 Å². The maximum atomic E-state index is 12.4. The number of carbonyl (C=O) groups is 2. The monoisotopic (exact) mass is 258 g/mol. The molecule has 2 aliphatic rings. The summed E-state index contributed by atoms with van der Waals surface area (Å²) >= 11 is 0. The summed E-state index contributed by atoms with van der Waals surface area (Å²) in [7, 11) is 0. The highest BCUT2D eigenvalue weighted by Crippen LogP contribution is 2.19. The van der Waals surface area contributed by atoms with Gasteiger partial charge in [0.2, 0.25) is 0 Å². The van der Waals surface area contributed by atoms with Gasteiger partial charge in [0, 0.05) is 17.7 Å². The fraction of sp³-hybridized carbons (Fsp3) is 0.467. The van der Waals surface area contributed by atoms with Gasteiger partial charge in [-0.3, -0.25) is 9.59 Å². The molecule has 1 fully saturated rings. The Morgan fingerprint density at radius 1 is 1.21 bits per heavy atom. The van der Waals surface area contributed by atoms with Crippen molar-refractivity contribution in [2.45, 2.75) is 31.7 Å². The molecule has 2 N–H and O–H groups in total. The number of ketones is 1. The van der Waals surface area contributed by atoms with Gasteiger partial charge in [0.05, 0.1) is 6.04 Å². The quantitative estimate of drug-likeness (QED) is 0.786. The average molecular weight is 258 g/mol. The molecule has 4 heteroatoms.